The minimum atomic E-state index is -0.191. The molecule has 0 fully saturated rings. The summed E-state index contributed by atoms with van der Waals surface area (Å²) in [4.78, 5) is 12.3. The summed E-state index contributed by atoms with van der Waals surface area (Å²) in [5.41, 5.74) is 4.43. The molecule has 0 saturated carbocycles. The first-order valence-electron chi connectivity index (χ1n) is 7.42. The zero-order valence-corrected chi connectivity index (χ0v) is 13.4. The molecule has 0 spiro atoms. The number of hydrogen-bond donors (Lipinski definition) is 1. The zero-order chi connectivity index (χ0) is 16.4. The number of rotatable bonds is 4. The van der Waals surface area contributed by atoms with Gasteiger partial charge in [-0.15, -0.1) is 0 Å². The SMILES string of the molecule is Cc1cc(C(=O)Nc2cnn(Cc3ccccc3C)c2)n(C)n1. The normalized spacial score (nSPS) is 10.7. The number of aromatic nitrogens is 4. The van der Waals surface area contributed by atoms with Gasteiger partial charge in [0.25, 0.3) is 5.91 Å². The van der Waals surface area contributed by atoms with Crippen molar-refractivity contribution >= 4 is 11.6 Å². The van der Waals surface area contributed by atoms with Crippen molar-refractivity contribution < 1.29 is 4.79 Å². The van der Waals surface area contributed by atoms with Crippen molar-refractivity contribution in [3.05, 3.63) is 65.2 Å². The van der Waals surface area contributed by atoms with Crippen LogP contribution in [0.4, 0.5) is 5.69 Å². The molecule has 0 aliphatic heterocycles. The summed E-state index contributed by atoms with van der Waals surface area (Å²) in [6.45, 7) is 4.61. The number of nitrogens with one attached hydrogen (secondary N) is 1. The van der Waals surface area contributed by atoms with Crippen molar-refractivity contribution in [2.24, 2.45) is 7.05 Å². The monoisotopic (exact) mass is 309 g/mol. The smallest absolute Gasteiger partial charge is 0.274 e. The van der Waals surface area contributed by atoms with Crippen LogP contribution in [-0.2, 0) is 13.6 Å². The van der Waals surface area contributed by atoms with E-state index in [1.54, 1.807) is 24.0 Å². The van der Waals surface area contributed by atoms with Gasteiger partial charge in [-0.25, -0.2) is 0 Å². The molecule has 0 aliphatic carbocycles. The molecule has 0 atom stereocenters. The molecule has 0 aliphatic rings. The highest BCUT2D eigenvalue weighted by atomic mass is 16.2. The number of anilines is 1. The quantitative estimate of drug-likeness (QED) is 0.805. The fourth-order valence-electron chi connectivity index (χ4n) is 2.49. The standard InChI is InChI=1S/C17H19N5O/c1-12-6-4-5-7-14(12)10-22-11-15(9-18-22)19-17(23)16-8-13(2)20-21(16)3/h4-9,11H,10H2,1-3H3,(H,19,23). The lowest BCUT2D eigenvalue weighted by Gasteiger charge is -2.05. The van der Waals surface area contributed by atoms with Crippen LogP contribution >= 0.6 is 0 Å². The summed E-state index contributed by atoms with van der Waals surface area (Å²) in [6.07, 6.45) is 3.48. The molecule has 118 valence electrons. The number of carbonyl (C=O) groups is 1. The van der Waals surface area contributed by atoms with Crippen LogP contribution in [0.25, 0.3) is 0 Å². The number of nitrogens with zero attached hydrogens (tertiary/aromatic N) is 4. The van der Waals surface area contributed by atoms with E-state index in [9.17, 15) is 4.79 Å². The van der Waals surface area contributed by atoms with E-state index in [0.29, 0.717) is 17.9 Å². The lowest BCUT2D eigenvalue weighted by Crippen LogP contribution is -2.15. The van der Waals surface area contributed by atoms with Gasteiger partial charge in [-0.3, -0.25) is 14.2 Å². The third-order valence-corrected chi connectivity index (χ3v) is 3.72. The molecule has 2 aromatic heterocycles. The van der Waals surface area contributed by atoms with Crippen molar-refractivity contribution in [2.75, 3.05) is 5.32 Å². The first-order chi connectivity index (χ1) is 11.0. The van der Waals surface area contributed by atoms with Gasteiger partial charge < -0.3 is 5.32 Å². The fourth-order valence-corrected chi connectivity index (χ4v) is 2.49. The van der Waals surface area contributed by atoms with Gasteiger partial charge in [0.2, 0.25) is 0 Å². The Labute approximate surface area is 134 Å². The summed E-state index contributed by atoms with van der Waals surface area (Å²) in [6, 6.07) is 9.94. The van der Waals surface area contributed by atoms with Crippen LogP contribution in [0, 0.1) is 13.8 Å². The van der Waals surface area contributed by atoms with Gasteiger partial charge in [-0.05, 0) is 31.0 Å². The van der Waals surface area contributed by atoms with Gasteiger partial charge in [0, 0.05) is 13.2 Å². The van der Waals surface area contributed by atoms with Crippen LogP contribution in [0.5, 0.6) is 0 Å². The highest BCUT2D eigenvalue weighted by Crippen LogP contribution is 2.12. The van der Waals surface area contributed by atoms with Gasteiger partial charge in [0.05, 0.1) is 24.1 Å². The molecule has 23 heavy (non-hydrogen) atoms. The van der Waals surface area contributed by atoms with Crippen LogP contribution in [0.15, 0.2) is 42.7 Å². The lowest BCUT2D eigenvalue weighted by atomic mass is 10.1. The molecule has 3 aromatic rings. The second-order valence-electron chi connectivity index (χ2n) is 5.60. The zero-order valence-electron chi connectivity index (χ0n) is 13.4. The minimum absolute atomic E-state index is 0.191. The Morgan fingerprint density at radius 3 is 2.74 bits per heavy atom. The third-order valence-electron chi connectivity index (χ3n) is 3.72. The van der Waals surface area contributed by atoms with Crippen LogP contribution in [-0.4, -0.2) is 25.5 Å². The first-order valence-corrected chi connectivity index (χ1v) is 7.42. The van der Waals surface area contributed by atoms with Crippen molar-refractivity contribution in [3.63, 3.8) is 0 Å². The molecular formula is C17H19N5O. The number of amides is 1. The van der Waals surface area contributed by atoms with Gasteiger partial charge in [-0.2, -0.15) is 10.2 Å². The summed E-state index contributed by atoms with van der Waals surface area (Å²) in [5, 5.41) is 11.3. The number of benzene rings is 1. The molecule has 0 radical (unpaired) electrons. The Hall–Kier alpha value is -2.89. The molecule has 6 nitrogen and oxygen atoms in total. The van der Waals surface area contributed by atoms with E-state index >= 15 is 0 Å². The summed E-state index contributed by atoms with van der Waals surface area (Å²) < 4.78 is 3.38. The minimum Gasteiger partial charge on any atom is -0.318 e. The van der Waals surface area contributed by atoms with E-state index in [-0.39, 0.29) is 5.91 Å². The van der Waals surface area contributed by atoms with Gasteiger partial charge in [-0.1, -0.05) is 24.3 Å². The number of aryl methyl sites for hydroxylation is 3. The van der Waals surface area contributed by atoms with E-state index in [4.69, 9.17) is 0 Å². The van der Waals surface area contributed by atoms with Crippen LogP contribution in [0.2, 0.25) is 0 Å². The third kappa shape index (κ3) is 3.31. The average molecular weight is 309 g/mol. The fraction of sp³-hybridized carbons (Fsp3) is 0.235. The van der Waals surface area contributed by atoms with Gasteiger partial charge in [0.15, 0.2) is 0 Å². The Bertz CT molecular complexity index is 846. The lowest BCUT2D eigenvalue weighted by molar-refractivity contribution is 0.101. The Kier molecular flexibility index (Phi) is 3.97. The molecule has 3 rings (SSSR count). The molecule has 0 saturated heterocycles. The van der Waals surface area contributed by atoms with E-state index in [1.807, 2.05) is 29.9 Å². The maximum Gasteiger partial charge on any atom is 0.274 e. The van der Waals surface area contributed by atoms with E-state index in [0.717, 1.165) is 5.69 Å². The predicted octanol–water partition coefficient (Wildman–Crippen LogP) is 2.53. The molecule has 1 aromatic carbocycles. The molecule has 1 amide bonds. The van der Waals surface area contributed by atoms with E-state index < -0.39 is 0 Å². The molecule has 0 bridgehead atoms. The maximum atomic E-state index is 12.3. The average Bonchev–Trinajstić information content (AvgIpc) is 3.07. The number of carbonyl (C=O) groups excluding carboxylic acids is 1. The second kappa shape index (κ2) is 6.08. The van der Waals surface area contributed by atoms with Crippen LogP contribution in [0.3, 0.4) is 0 Å². The van der Waals surface area contributed by atoms with Crippen molar-refractivity contribution in [3.8, 4) is 0 Å². The van der Waals surface area contributed by atoms with Crippen LogP contribution < -0.4 is 5.32 Å². The molecule has 0 unspecified atom stereocenters. The largest absolute Gasteiger partial charge is 0.318 e. The summed E-state index contributed by atoms with van der Waals surface area (Å²) >= 11 is 0. The summed E-state index contributed by atoms with van der Waals surface area (Å²) in [7, 11) is 1.75. The topological polar surface area (TPSA) is 64.7 Å². The summed E-state index contributed by atoms with van der Waals surface area (Å²) in [5.74, 6) is -0.191. The Balaban J connectivity index is 1.71. The molecule has 1 N–H and O–H groups in total. The van der Waals surface area contributed by atoms with Crippen molar-refractivity contribution in [2.45, 2.75) is 20.4 Å². The van der Waals surface area contributed by atoms with Crippen molar-refractivity contribution in [1.82, 2.24) is 19.6 Å². The van der Waals surface area contributed by atoms with Crippen molar-refractivity contribution in [1.29, 1.82) is 0 Å². The van der Waals surface area contributed by atoms with Crippen LogP contribution in [0.1, 0.15) is 27.3 Å². The first kappa shape index (κ1) is 15.0. The van der Waals surface area contributed by atoms with E-state index in [1.165, 1.54) is 11.1 Å². The Morgan fingerprint density at radius 1 is 1.26 bits per heavy atom. The molecule has 2 heterocycles. The van der Waals surface area contributed by atoms with Gasteiger partial charge >= 0.3 is 0 Å². The Morgan fingerprint density at radius 2 is 2.04 bits per heavy atom. The molecular weight excluding hydrogens is 290 g/mol. The van der Waals surface area contributed by atoms with E-state index in [2.05, 4.69) is 34.6 Å². The molecule has 6 heteroatoms. The highest BCUT2D eigenvalue weighted by Gasteiger charge is 2.13. The van der Waals surface area contributed by atoms with Gasteiger partial charge in [0.1, 0.15) is 5.69 Å². The predicted molar refractivity (Wildman–Crippen MR) is 88.4 cm³/mol. The number of hydrogen-bond acceptors (Lipinski definition) is 3. The maximum absolute atomic E-state index is 12.3. The highest BCUT2D eigenvalue weighted by molar-refractivity contribution is 6.02. The second-order valence-corrected chi connectivity index (χ2v) is 5.60.